The minimum Gasteiger partial charge on any atom is -0.316 e. The molecule has 0 aromatic rings. The van der Waals surface area contributed by atoms with Crippen molar-refractivity contribution >= 4 is 0 Å². The van der Waals surface area contributed by atoms with Gasteiger partial charge < -0.3 is 11.1 Å². The first-order chi connectivity index (χ1) is 5.59. The third-order valence-corrected chi connectivity index (χ3v) is 2.19. The Balaban J connectivity index is 2.38. The van der Waals surface area contributed by atoms with Crippen LogP contribution in [0.15, 0.2) is 0 Å². The van der Waals surface area contributed by atoms with Gasteiger partial charge >= 0.3 is 0 Å². The number of nitrogens with one attached hydrogen (secondary N) is 3. The van der Waals surface area contributed by atoms with Crippen LogP contribution in [-0.4, -0.2) is 25.0 Å². The lowest BCUT2D eigenvalue weighted by Crippen LogP contribution is -2.63. The smallest absolute Gasteiger partial charge is 0.0634 e. The van der Waals surface area contributed by atoms with Gasteiger partial charge in [-0.2, -0.15) is 0 Å². The van der Waals surface area contributed by atoms with E-state index in [1.165, 1.54) is 0 Å². The molecule has 1 aliphatic rings. The zero-order valence-electron chi connectivity index (χ0n) is 8.09. The monoisotopic (exact) mass is 172 g/mol. The van der Waals surface area contributed by atoms with Crippen LogP contribution in [-0.2, 0) is 0 Å². The zero-order chi connectivity index (χ0) is 9.14. The molecule has 0 radical (unpaired) electrons. The van der Waals surface area contributed by atoms with Gasteiger partial charge in [0, 0.05) is 6.54 Å². The molecule has 4 atom stereocenters. The largest absolute Gasteiger partial charge is 0.316 e. The summed E-state index contributed by atoms with van der Waals surface area (Å²) < 4.78 is 0. The van der Waals surface area contributed by atoms with Gasteiger partial charge in [-0.05, 0) is 19.8 Å². The van der Waals surface area contributed by atoms with Gasteiger partial charge in [0.2, 0.25) is 0 Å². The van der Waals surface area contributed by atoms with Gasteiger partial charge in [0.25, 0.3) is 0 Å². The van der Waals surface area contributed by atoms with Crippen LogP contribution in [0.3, 0.4) is 0 Å². The Morgan fingerprint density at radius 2 is 2.17 bits per heavy atom. The molecule has 0 bridgehead atoms. The van der Waals surface area contributed by atoms with Crippen molar-refractivity contribution in [1.29, 1.82) is 0 Å². The summed E-state index contributed by atoms with van der Waals surface area (Å²) in [6, 6.07) is 0. The fourth-order valence-corrected chi connectivity index (χ4v) is 1.47. The molecule has 0 aliphatic carbocycles. The summed E-state index contributed by atoms with van der Waals surface area (Å²) in [5.74, 6) is 0.576. The molecular formula is C8H20N4. The van der Waals surface area contributed by atoms with Crippen LogP contribution < -0.4 is 21.7 Å². The lowest BCUT2D eigenvalue weighted by atomic mass is 10.1. The van der Waals surface area contributed by atoms with Crippen LogP contribution in [0.25, 0.3) is 0 Å². The highest BCUT2D eigenvalue weighted by Gasteiger charge is 2.23. The molecule has 0 aromatic carbocycles. The zero-order valence-corrected chi connectivity index (χ0v) is 8.09. The molecule has 4 nitrogen and oxygen atoms in total. The molecule has 1 aliphatic heterocycles. The van der Waals surface area contributed by atoms with Crippen molar-refractivity contribution in [2.75, 3.05) is 6.54 Å². The molecule has 72 valence electrons. The highest BCUT2D eigenvalue weighted by Crippen LogP contribution is 2.04. The third-order valence-electron chi connectivity index (χ3n) is 2.19. The van der Waals surface area contributed by atoms with E-state index in [9.17, 15) is 0 Å². The summed E-state index contributed by atoms with van der Waals surface area (Å²) >= 11 is 0. The van der Waals surface area contributed by atoms with Crippen LogP contribution in [0.1, 0.15) is 20.8 Å². The number of nitrogens with two attached hydrogens (primary N) is 1. The molecule has 1 rings (SSSR count). The predicted octanol–water partition coefficient (Wildman–Crippen LogP) is -0.618. The quantitative estimate of drug-likeness (QED) is 0.419. The van der Waals surface area contributed by atoms with Crippen LogP contribution in [0.5, 0.6) is 0 Å². The van der Waals surface area contributed by atoms with Gasteiger partial charge in [0.05, 0.1) is 18.5 Å². The maximum atomic E-state index is 5.66. The molecular weight excluding hydrogens is 152 g/mol. The SMILES string of the molecule is CC1NCC(C)C(N[C@@H](C)N)N1. The van der Waals surface area contributed by atoms with Gasteiger partial charge in [0.1, 0.15) is 0 Å². The second kappa shape index (κ2) is 4.18. The van der Waals surface area contributed by atoms with Crippen molar-refractivity contribution in [3.8, 4) is 0 Å². The van der Waals surface area contributed by atoms with Crippen LogP contribution in [0.2, 0.25) is 0 Å². The van der Waals surface area contributed by atoms with E-state index < -0.39 is 0 Å². The Labute approximate surface area is 74.3 Å². The second-order valence-corrected chi connectivity index (χ2v) is 3.71. The van der Waals surface area contributed by atoms with Gasteiger partial charge in [0.15, 0.2) is 0 Å². The Bertz CT molecular complexity index is 135. The first kappa shape index (κ1) is 9.92. The van der Waals surface area contributed by atoms with Crippen molar-refractivity contribution < 1.29 is 0 Å². The van der Waals surface area contributed by atoms with Gasteiger partial charge in [-0.3, -0.25) is 10.6 Å². The maximum Gasteiger partial charge on any atom is 0.0634 e. The van der Waals surface area contributed by atoms with Gasteiger partial charge in [-0.1, -0.05) is 6.92 Å². The van der Waals surface area contributed by atoms with E-state index in [-0.39, 0.29) is 6.17 Å². The van der Waals surface area contributed by atoms with E-state index in [0.29, 0.717) is 18.2 Å². The highest BCUT2D eigenvalue weighted by atomic mass is 15.3. The number of rotatable bonds is 2. The Morgan fingerprint density at radius 1 is 1.50 bits per heavy atom. The summed E-state index contributed by atoms with van der Waals surface area (Å²) in [7, 11) is 0. The van der Waals surface area contributed by atoms with Crippen LogP contribution >= 0.6 is 0 Å². The maximum absolute atomic E-state index is 5.66. The van der Waals surface area contributed by atoms with Gasteiger partial charge in [-0.15, -0.1) is 0 Å². The lowest BCUT2D eigenvalue weighted by Gasteiger charge is -2.36. The van der Waals surface area contributed by atoms with E-state index >= 15 is 0 Å². The average molecular weight is 172 g/mol. The van der Waals surface area contributed by atoms with Crippen molar-refractivity contribution in [2.45, 2.75) is 39.3 Å². The fraction of sp³-hybridized carbons (Fsp3) is 1.00. The summed E-state index contributed by atoms with van der Waals surface area (Å²) in [6.45, 7) is 7.31. The Morgan fingerprint density at radius 3 is 2.75 bits per heavy atom. The van der Waals surface area contributed by atoms with E-state index in [2.05, 4.69) is 29.8 Å². The van der Waals surface area contributed by atoms with Crippen LogP contribution in [0, 0.1) is 5.92 Å². The average Bonchev–Trinajstić information content (AvgIpc) is 1.96. The third kappa shape index (κ3) is 2.71. The molecule has 5 N–H and O–H groups in total. The topological polar surface area (TPSA) is 62.1 Å². The van der Waals surface area contributed by atoms with Crippen molar-refractivity contribution in [1.82, 2.24) is 16.0 Å². The summed E-state index contributed by atoms with van der Waals surface area (Å²) in [6.07, 6.45) is 0.758. The van der Waals surface area contributed by atoms with Crippen molar-refractivity contribution in [3.05, 3.63) is 0 Å². The lowest BCUT2D eigenvalue weighted by molar-refractivity contribution is 0.199. The molecule has 4 heteroatoms. The molecule has 0 saturated carbocycles. The Kier molecular flexibility index (Phi) is 3.46. The molecule has 3 unspecified atom stereocenters. The summed E-state index contributed by atoms with van der Waals surface area (Å²) in [5, 5.41) is 10.0. The predicted molar refractivity (Wildman–Crippen MR) is 50.3 cm³/mol. The second-order valence-electron chi connectivity index (χ2n) is 3.71. The molecule has 0 aromatic heterocycles. The highest BCUT2D eigenvalue weighted by molar-refractivity contribution is 4.81. The minimum atomic E-state index is 0.0512. The van der Waals surface area contributed by atoms with Gasteiger partial charge in [-0.25, -0.2) is 0 Å². The van der Waals surface area contributed by atoms with E-state index in [1.807, 2.05) is 6.92 Å². The number of hydrogen-bond acceptors (Lipinski definition) is 4. The van der Waals surface area contributed by atoms with Crippen molar-refractivity contribution in [2.24, 2.45) is 11.7 Å². The molecule has 12 heavy (non-hydrogen) atoms. The molecule has 1 heterocycles. The molecule has 1 fully saturated rings. The molecule has 0 amide bonds. The Hall–Kier alpha value is -0.160. The minimum absolute atomic E-state index is 0.0512. The number of hydrogen-bond donors (Lipinski definition) is 4. The summed E-state index contributed by atoms with van der Waals surface area (Å²) in [4.78, 5) is 0. The van der Waals surface area contributed by atoms with Crippen molar-refractivity contribution in [3.63, 3.8) is 0 Å². The van der Waals surface area contributed by atoms with Crippen LogP contribution in [0.4, 0.5) is 0 Å². The molecule has 1 saturated heterocycles. The van der Waals surface area contributed by atoms with E-state index in [4.69, 9.17) is 5.73 Å². The fourth-order valence-electron chi connectivity index (χ4n) is 1.47. The standard InChI is InChI=1S/C8H20N4/c1-5-4-10-7(3)12-8(5)11-6(2)9/h5-8,10-12H,4,9H2,1-3H3/t5?,6-,7?,8?/m0/s1. The first-order valence-electron chi connectivity index (χ1n) is 4.60. The summed E-state index contributed by atoms with van der Waals surface area (Å²) in [5.41, 5.74) is 5.66. The normalized spacial score (nSPS) is 39.5. The van der Waals surface area contributed by atoms with E-state index in [0.717, 1.165) is 6.54 Å². The molecule has 0 spiro atoms. The first-order valence-corrected chi connectivity index (χ1v) is 4.60. The van der Waals surface area contributed by atoms with E-state index in [1.54, 1.807) is 0 Å².